The SMILES string of the molecule is C[C@H]1CN(c2ccc(C3CCC(=O)NC3=O)cc2F)CCN1C(=O)O. The molecule has 0 aromatic heterocycles. The summed E-state index contributed by atoms with van der Waals surface area (Å²) in [6.45, 7) is 2.91. The van der Waals surface area contributed by atoms with Crippen LogP contribution in [0.15, 0.2) is 18.2 Å². The molecule has 2 saturated heterocycles. The smallest absolute Gasteiger partial charge is 0.407 e. The molecule has 1 aromatic carbocycles. The van der Waals surface area contributed by atoms with Crippen LogP contribution >= 0.6 is 0 Å². The molecule has 0 radical (unpaired) electrons. The number of hydrogen-bond acceptors (Lipinski definition) is 4. The quantitative estimate of drug-likeness (QED) is 0.791. The summed E-state index contributed by atoms with van der Waals surface area (Å²) in [4.78, 5) is 37.4. The van der Waals surface area contributed by atoms with Gasteiger partial charge in [0.25, 0.3) is 0 Å². The van der Waals surface area contributed by atoms with Crippen LogP contribution in [0.3, 0.4) is 0 Å². The first-order valence-electron chi connectivity index (χ1n) is 8.24. The molecular formula is C17H20FN3O4. The molecule has 1 unspecified atom stereocenters. The molecule has 25 heavy (non-hydrogen) atoms. The van der Waals surface area contributed by atoms with Crippen molar-refractivity contribution in [1.82, 2.24) is 10.2 Å². The number of nitrogens with one attached hydrogen (secondary N) is 1. The highest BCUT2D eigenvalue weighted by Gasteiger charge is 2.31. The number of piperazine rings is 1. The van der Waals surface area contributed by atoms with Gasteiger partial charge in [0.1, 0.15) is 5.82 Å². The molecule has 2 aliphatic rings. The molecule has 2 N–H and O–H groups in total. The molecule has 0 aliphatic carbocycles. The number of anilines is 1. The van der Waals surface area contributed by atoms with E-state index in [0.717, 1.165) is 0 Å². The molecule has 3 amide bonds. The summed E-state index contributed by atoms with van der Waals surface area (Å²) in [5.41, 5.74) is 0.941. The van der Waals surface area contributed by atoms with Crippen molar-refractivity contribution >= 4 is 23.6 Å². The highest BCUT2D eigenvalue weighted by atomic mass is 19.1. The van der Waals surface area contributed by atoms with Crippen LogP contribution in [0.4, 0.5) is 14.9 Å². The van der Waals surface area contributed by atoms with Gasteiger partial charge in [-0.25, -0.2) is 9.18 Å². The zero-order chi connectivity index (χ0) is 18.1. The van der Waals surface area contributed by atoms with E-state index in [2.05, 4.69) is 5.32 Å². The number of hydrogen-bond donors (Lipinski definition) is 2. The first-order chi connectivity index (χ1) is 11.9. The van der Waals surface area contributed by atoms with E-state index in [1.165, 1.54) is 11.0 Å². The maximum atomic E-state index is 14.6. The standard InChI is InChI=1S/C17H20FN3O4/c1-10-9-20(6-7-21(10)17(24)25)14-4-2-11(8-13(14)18)12-3-5-15(22)19-16(12)23/h2,4,8,10,12H,3,5-7,9H2,1H3,(H,24,25)(H,19,22,23)/t10-,12?/m0/s1. The monoisotopic (exact) mass is 349 g/mol. The highest BCUT2D eigenvalue weighted by Crippen LogP contribution is 2.30. The highest BCUT2D eigenvalue weighted by molar-refractivity contribution is 6.00. The van der Waals surface area contributed by atoms with Crippen molar-refractivity contribution < 1.29 is 23.9 Å². The van der Waals surface area contributed by atoms with Gasteiger partial charge >= 0.3 is 6.09 Å². The number of carbonyl (C=O) groups is 3. The van der Waals surface area contributed by atoms with Crippen molar-refractivity contribution in [2.75, 3.05) is 24.5 Å². The second-order valence-electron chi connectivity index (χ2n) is 6.49. The average molecular weight is 349 g/mol. The van der Waals surface area contributed by atoms with Gasteiger partial charge in [-0.3, -0.25) is 14.9 Å². The first-order valence-corrected chi connectivity index (χ1v) is 8.24. The van der Waals surface area contributed by atoms with E-state index in [-0.39, 0.29) is 18.4 Å². The fourth-order valence-electron chi connectivity index (χ4n) is 3.47. The number of benzene rings is 1. The Labute approximate surface area is 144 Å². The number of nitrogens with zero attached hydrogens (tertiary/aromatic N) is 2. The van der Waals surface area contributed by atoms with Crippen molar-refractivity contribution in [2.45, 2.75) is 31.7 Å². The van der Waals surface area contributed by atoms with Gasteiger partial charge in [0.2, 0.25) is 11.8 Å². The van der Waals surface area contributed by atoms with Crippen molar-refractivity contribution in [1.29, 1.82) is 0 Å². The normalized spacial score (nSPS) is 24.2. The van der Waals surface area contributed by atoms with Crippen molar-refractivity contribution in [3.05, 3.63) is 29.6 Å². The third kappa shape index (κ3) is 3.42. The zero-order valence-electron chi connectivity index (χ0n) is 13.9. The van der Waals surface area contributed by atoms with Crippen molar-refractivity contribution in [3.63, 3.8) is 0 Å². The summed E-state index contributed by atoms with van der Waals surface area (Å²) in [6, 6.07) is 4.42. The molecular weight excluding hydrogens is 329 g/mol. The zero-order valence-corrected chi connectivity index (χ0v) is 13.9. The summed E-state index contributed by atoms with van der Waals surface area (Å²) in [7, 11) is 0. The van der Waals surface area contributed by atoms with Gasteiger partial charge in [-0.1, -0.05) is 6.07 Å². The molecule has 3 rings (SSSR count). The van der Waals surface area contributed by atoms with Crippen LogP contribution in [0.1, 0.15) is 31.2 Å². The third-order valence-electron chi connectivity index (χ3n) is 4.83. The van der Waals surface area contributed by atoms with E-state index >= 15 is 0 Å². The minimum Gasteiger partial charge on any atom is -0.465 e. The van der Waals surface area contributed by atoms with Gasteiger partial charge in [0, 0.05) is 32.1 Å². The van der Waals surface area contributed by atoms with E-state index in [0.29, 0.717) is 37.3 Å². The van der Waals surface area contributed by atoms with Crippen molar-refractivity contribution in [3.8, 4) is 0 Å². The summed E-state index contributed by atoms with van der Waals surface area (Å²) >= 11 is 0. The van der Waals surface area contributed by atoms with Crippen LogP contribution in [0, 0.1) is 5.82 Å². The Hall–Kier alpha value is -2.64. The summed E-state index contributed by atoms with van der Waals surface area (Å²) < 4.78 is 14.6. The molecule has 2 fully saturated rings. The number of carbonyl (C=O) groups excluding carboxylic acids is 2. The predicted octanol–water partition coefficient (Wildman–Crippen LogP) is 1.53. The molecule has 2 atom stereocenters. The average Bonchev–Trinajstić information content (AvgIpc) is 2.54. The minimum atomic E-state index is -0.971. The van der Waals surface area contributed by atoms with Crippen LogP contribution in [-0.2, 0) is 9.59 Å². The summed E-state index contributed by atoms with van der Waals surface area (Å²) in [5.74, 6) is -1.67. The van der Waals surface area contributed by atoms with E-state index < -0.39 is 23.7 Å². The van der Waals surface area contributed by atoms with Gasteiger partial charge < -0.3 is 14.9 Å². The van der Waals surface area contributed by atoms with Crippen LogP contribution in [0.2, 0.25) is 0 Å². The van der Waals surface area contributed by atoms with Gasteiger partial charge in [0.15, 0.2) is 0 Å². The van der Waals surface area contributed by atoms with E-state index in [1.807, 2.05) is 4.90 Å². The molecule has 2 aliphatic heterocycles. The predicted molar refractivity (Wildman–Crippen MR) is 87.9 cm³/mol. The van der Waals surface area contributed by atoms with Gasteiger partial charge in [-0.2, -0.15) is 0 Å². The Morgan fingerprint density at radius 2 is 2.08 bits per heavy atom. The maximum absolute atomic E-state index is 14.6. The van der Waals surface area contributed by atoms with Crippen LogP contribution < -0.4 is 10.2 Å². The lowest BCUT2D eigenvalue weighted by atomic mass is 9.90. The number of imide groups is 1. The van der Waals surface area contributed by atoms with Crippen molar-refractivity contribution in [2.24, 2.45) is 0 Å². The van der Waals surface area contributed by atoms with E-state index in [9.17, 15) is 18.8 Å². The summed E-state index contributed by atoms with van der Waals surface area (Å²) in [5, 5.41) is 11.4. The molecule has 0 saturated carbocycles. The summed E-state index contributed by atoms with van der Waals surface area (Å²) in [6.07, 6.45) is -0.354. The second-order valence-corrected chi connectivity index (χ2v) is 6.49. The minimum absolute atomic E-state index is 0.236. The van der Waals surface area contributed by atoms with E-state index in [4.69, 9.17) is 5.11 Å². The Bertz CT molecular complexity index is 724. The lowest BCUT2D eigenvalue weighted by molar-refractivity contribution is -0.134. The number of amides is 3. The Morgan fingerprint density at radius 1 is 1.32 bits per heavy atom. The molecule has 134 valence electrons. The van der Waals surface area contributed by atoms with Crippen LogP contribution in [0.25, 0.3) is 0 Å². The number of carboxylic acid groups (broad SMARTS) is 1. The second kappa shape index (κ2) is 6.70. The third-order valence-corrected chi connectivity index (χ3v) is 4.83. The van der Waals surface area contributed by atoms with Gasteiger partial charge in [0.05, 0.1) is 11.6 Å². The number of halogens is 1. The van der Waals surface area contributed by atoms with Gasteiger partial charge in [-0.15, -0.1) is 0 Å². The molecule has 1 aromatic rings. The number of rotatable bonds is 2. The Kier molecular flexibility index (Phi) is 4.61. The maximum Gasteiger partial charge on any atom is 0.407 e. The van der Waals surface area contributed by atoms with Gasteiger partial charge in [-0.05, 0) is 31.0 Å². The fraction of sp³-hybridized carbons (Fsp3) is 0.471. The molecule has 2 heterocycles. The Morgan fingerprint density at radius 3 is 2.68 bits per heavy atom. The fourth-order valence-corrected chi connectivity index (χ4v) is 3.47. The lowest BCUT2D eigenvalue weighted by Gasteiger charge is -2.39. The van der Waals surface area contributed by atoms with E-state index in [1.54, 1.807) is 19.1 Å². The first kappa shape index (κ1) is 17.2. The Balaban J connectivity index is 1.76. The van der Waals surface area contributed by atoms with Crippen LogP contribution in [0.5, 0.6) is 0 Å². The molecule has 7 nitrogen and oxygen atoms in total. The molecule has 0 bridgehead atoms. The topological polar surface area (TPSA) is 90.0 Å². The largest absolute Gasteiger partial charge is 0.465 e. The molecule has 0 spiro atoms. The lowest BCUT2D eigenvalue weighted by Crippen LogP contribution is -2.53. The van der Waals surface area contributed by atoms with Crippen LogP contribution in [-0.4, -0.2) is 53.6 Å². The molecule has 8 heteroatoms. The number of piperidine rings is 1.